The number of halogens is 2. The van der Waals surface area contributed by atoms with E-state index >= 15 is 0 Å². The second kappa shape index (κ2) is 7.54. The first kappa shape index (κ1) is 15.2. The second-order valence-electron chi connectivity index (χ2n) is 3.56. The second-order valence-corrected chi connectivity index (χ2v) is 4.49. The van der Waals surface area contributed by atoms with E-state index in [1.807, 2.05) is 0 Å². The Morgan fingerprint density at radius 2 is 2.11 bits per heavy atom. The minimum Gasteiger partial charge on any atom is -0.462 e. The van der Waals surface area contributed by atoms with Gasteiger partial charge < -0.3 is 4.74 Å². The Morgan fingerprint density at radius 1 is 1.39 bits per heavy atom. The Morgan fingerprint density at radius 3 is 2.67 bits per heavy atom. The number of Topliss-reactive ketones (excluding diaryl/α,β-unsaturated/α-hetero) is 1. The molecule has 0 radical (unpaired) electrons. The third kappa shape index (κ3) is 3.56. The molecule has 0 saturated carbocycles. The summed E-state index contributed by atoms with van der Waals surface area (Å²) in [6.07, 6.45) is 0.206. The molecule has 0 aliphatic heterocycles. The van der Waals surface area contributed by atoms with Gasteiger partial charge in [0.1, 0.15) is 0 Å². The van der Waals surface area contributed by atoms with Crippen LogP contribution in [0.5, 0.6) is 0 Å². The van der Waals surface area contributed by atoms with Crippen molar-refractivity contribution in [3.8, 4) is 0 Å². The molecular formula is C13H14BrClO3. The number of ether oxygens (including phenoxy) is 1. The lowest BCUT2D eigenvalue weighted by Gasteiger charge is -2.11. The molecule has 0 aliphatic rings. The van der Waals surface area contributed by atoms with Crippen molar-refractivity contribution in [3.63, 3.8) is 0 Å². The molecule has 1 aromatic carbocycles. The van der Waals surface area contributed by atoms with Crippen molar-refractivity contribution in [1.29, 1.82) is 0 Å². The van der Waals surface area contributed by atoms with Crippen molar-refractivity contribution in [3.05, 3.63) is 34.9 Å². The summed E-state index contributed by atoms with van der Waals surface area (Å²) in [5.74, 6) is -0.376. The molecule has 0 saturated heterocycles. The zero-order valence-electron chi connectivity index (χ0n) is 10.0. The summed E-state index contributed by atoms with van der Waals surface area (Å²) in [4.78, 5) is 23.9. The molecule has 1 rings (SSSR count). The van der Waals surface area contributed by atoms with Crippen LogP contribution in [0.15, 0.2) is 18.2 Å². The highest BCUT2D eigenvalue weighted by atomic mass is 79.9. The Labute approximate surface area is 120 Å². The van der Waals surface area contributed by atoms with Crippen LogP contribution in [-0.2, 0) is 10.1 Å². The molecule has 1 aromatic rings. The van der Waals surface area contributed by atoms with Crippen molar-refractivity contribution in [2.24, 2.45) is 0 Å². The molecule has 0 spiro atoms. The molecule has 0 aliphatic carbocycles. The molecule has 0 atom stereocenters. The van der Waals surface area contributed by atoms with E-state index < -0.39 is 5.97 Å². The smallest absolute Gasteiger partial charge is 0.338 e. The van der Waals surface area contributed by atoms with E-state index in [9.17, 15) is 9.59 Å². The van der Waals surface area contributed by atoms with Gasteiger partial charge in [0.15, 0.2) is 5.78 Å². The quantitative estimate of drug-likeness (QED) is 0.454. The SMILES string of the molecule is CCOC(=O)c1cccc(CBr)c1C(=O)CCCl. The van der Waals surface area contributed by atoms with Crippen LogP contribution in [0.3, 0.4) is 0 Å². The first-order valence-electron chi connectivity index (χ1n) is 5.59. The van der Waals surface area contributed by atoms with Crippen LogP contribution in [0.4, 0.5) is 0 Å². The van der Waals surface area contributed by atoms with Crippen LogP contribution in [0.2, 0.25) is 0 Å². The van der Waals surface area contributed by atoms with Crippen LogP contribution in [0.25, 0.3) is 0 Å². The van der Waals surface area contributed by atoms with Crippen LogP contribution in [0.1, 0.15) is 39.6 Å². The summed E-state index contributed by atoms with van der Waals surface area (Å²) < 4.78 is 4.96. The zero-order valence-corrected chi connectivity index (χ0v) is 12.4. The molecule has 98 valence electrons. The fourth-order valence-corrected chi connectivity index (χ4v) is 2.27. The average molecular weight is 334 g/mol. The van der Waals surface area contributed by atoms with Gasteiger partial charge in [-0.05, 0) is 18.6 Å². The minimum absolute atomic E-state index is 0.136. The van der Waals surface area contributed by atoms with E-state index in [1.165, 1.54) is 0 Å². The fraction of sp³-hybridized carbons (Fsp3) is 0.385. The maximum Gasteiger partial charge on any atom is 0.338 e. The van der Waals surface area contributed by atoms with Gasteiger partial charge in [0.25, 0.3) is 0 Å². The Balaban J connectivity index is 3.24. The average Bonchev–Trinajstić information content (AvgIpc) is 2.38. The van der Waals surface area contributed by atoms with Gasteiger partial charge in [-0.2, -0.15) is 0 Å². The molecule has 0 unspecified atom stereocenters. The first-order chi connectivity index (χ1) is 8.65. The van der Waals surface area contributed by atoms with Gasteiger partial charge in [-0.1, -0.05) is 28.1 Å². The normalized spacial score (nSPS) is 10.2. The van der Waals surface area contributed by atoms with E-state index in [1.54, 1.807) is 25.1 Å². The molecule has 18 heavy (non-hydrogen) atoms. The largest absolute Gasteiger partial charge is 0.462 e. The van der Waals surface area contributed by atoms with Gasteiger partial charge in [0.05, 0.1) is 12.2 Å². The Kier molecular flexibility index (Phi) is 6.36. The van der Waals surface area contributed by atoms with Crippen molar-refractivity contribution in [2.75, 3.05) is 12.5 Å². The third-order valence-electron chi connectivity index (χ3n) is 2.39. The van der Waals surface area contributed by atoms with Crippen molar-refractivity contribution < 1.29 is 14.3 Å². The molecule has 0 amide bonds. The summed E-state index contributed by atoms with van der Waals surface area (Å²) in [6, 6.07) is 5.14. The fourth-order valence-electron chi connectivity index (χ4n) is 1.63. The van der Waals surface area contributed by atoms with E-state index in [2.05, 4.69) is 15.9 Å². The highest BCUT2D eigenvalue weighted by Gasteiger charge is 2.20. The van der Waals surface area contributed by atoms with E-state index in [0.717, 1.165) is 5.56 Å². The molecule has 0 bridgehead atoms. The number of esters is 1. The number of ketones is 1. The maximum atomic E-state index is 12.0. The number of alkyl halides is 2. The number of carbonyl (C=O) groups is 2. The van der Waals surface area contributed by atoms with Crippen molar-refractivity contribution >= 4 is 39.3 Å². The van der Waals surface area contributed by atoms with Gasteiger partial charge >= 0.3 is 5.97 Å². The molecule has 0 heterocycles. The number of rotatable bonds is 6. The third-order valence-corrected chi connectivity index (χ3v) is 3.18. The molecule has 0 N–H and O–H groups in total. The lowest BCUT2D eigenvalue weighted by Crippen LogP contribution is -2.14. The molecule has 3 nitrogen and oxygen atoms in total. The van der Waals surface area contributed by atoms with Crippen molar-refractivity contribution in [2.45, 2.75) is 18.7 Å². The van der Waals surface area contributed by atoms with Gasteiger partial charge in [-0.15, -0.1) is 11.6 Å². The van der Waals surface area contributed by atoms with Crippen LogP contribution < -0.4 is 0 Å². The van der Waals surface area contributed by atoms with Crippen LogP contribution in [0, 0.1) is 0 Å². The number of hydrogen-bond acceptors (Lipinski definition) is 3. The summed E-state index contributed by atoms with van der Waals surface area (Å²) in [7, 11) is 0. The minimum atomic E-state index is -0.474. The van der Waals surface area contributed by atoms with Gasteiger partial charge in [-0.25, -0.2) is 4.79 Å². The van der Waals surface area contributed by atoms with Gasteiger partial charge in [0, 0.05) is 23.2 Å². The van der Waals surface area contributed by atoms with Crippen LogP contribution in [-0.4, -0.2) is 24.2 Å². The topological polar surface area (TPSA) is 43.4 Å². The summed E-state index contributed by atoms with van der Waals surface area (Å²) >= 11 is 8.90. The molecular weight excluding hydrogens is 319 g/mol. The summed E-state index contributed by atoms with van der Waals surface area (Å²) in [6.45, 7) is 2.01. The lowest BCUT2D eigenvalue weighted by molar-refractivity contribution is 0.0523. The van der Waals surface area contributed by atoms with E-state index in [4.69, 9.17) is 16.3 Å². The Bertz CT molecular complexity index is 446. The predicted octanol–water partition coefficient (Wildman–Crippen LogP) is 3.57. The molecule has 0 aromatic heterocycles. The highest BCUT2D eigenvalue weighted by molar-refractivity contribution is 9.08. The summed E-state index contributed by atoms with van der Waals surface area (Å²) in [5, 5.41) is 0.504. The number of benzene rings is 1. The zero-order chi connectivity index (χ0) is 13.5. The van der Waals surface area contributed by atoms with E-state index in [-0.39, 0.29) is 24.7 Å². The van der Waals surface area contributed by atoms with Gasteiger partial charge in [0.2, 0.25) is 0 Å². The van der Waals surface area contributed by atoms with Gasteiger partial charge in [-0.3, -0.25) is 4.79 Å². The predicted molar refractivity (Wildman–Crippen MR) is 74.7 cm³/mol. The molecule has 5 heteroatoms. The Hall–Kier alpha value is -0.870. The highest BCUT2D eigenvalue weighted by Crippen LogP contribution is 2.21. The van der Waals surface area contributed by atoms with Crippen LogP contribution >= 0.6 is 27.5 Å². The first-order valence-corrected chi connectivity index (χ1v) is 7.25. The standard InChI is InChI=1S/C13H14BrClO3/c1-2-18-13(17)10-5-3-4-9(8-14)12(10)11(16)6-7-15/h3-5H,2,6-8H2,1H3. The maximum absolute atomic E-state index is 12.0. The van der Waals surface area contributed by atoms with E-state index in [0.29, 0.717) is 16.5 Å². The lowest BCUT2D eigenvalue weighted by atomic mass is 9.97. The molecule has 0 fully saturated rings. The summed E-state index contributed by atoms with van der Waals surface area (Å²) in [5.41, 5.74) is 1.49. The number of hydrogen-bond donors (Lipinski definition) is 0. The van der Waals surface area contributed by atoms with Crippen molar-refractivity contribution in [1.82, 2.24) is 0 Å². The number of carbonyl (C=O) groups excluding carboxylic acids is 2. The monoisotopic (exact) mass is 332 g/mol.